The smallest absolute Gasteiger partial charge is 0.322 e. The van der Waals surface area contributed by atoms with Crippen molar-refractivity contribution in [1.29, 1.82) is 0 Å². The van der Waals surface area contributed by atoms with E-state index in [2.05, 4.69) is 31.4 Å². The summed E-state index contributed by atoms with van der Waals surface area (Å²) in [6.07, 6.45) is 3.78. The third-order valence-electron chi connectivity index (χ3n) is 5.49. The molecular formula is C17H25N3O3. The zero-order valence-electron chi connectivity index (χ0n) is 14.1. The Morgan fingerprint density at radius 2 is 1.78 bits per heavy atom. The van der Waals surface area contributed by atoms with Crippen molar-refractivity contribution in [3.05, 3.63) is 11.1 Å². The van der Waals surface area contributed by atoms with Gasteiger partial charge in [0.2, 0.25) is 5.91 Å². The first-order valence-electron chi connectivity index (χ1n) is 8.34. The van der Waals surface area contributed by atoms with E-state index in [-0.39, 0.29) is 17.2 Å². The van der Waals surface area contributed by atoms with E-state index in [1.807, 2.05) is 4.90 Å². The van der Waals surface area contributed by atoms with E-state index in [0.29, 0.717) is 25.9 Å². The number of carbonyl (C=O) groups is 3. The lowest BCUT2D eigenvalue weighted by Crippen LogP contribution is -2.56. The number of amides is 4. The molecule has 126 valence electrons. The second-order valence-electron chi connectivity index (χ2n) is 7.88. The van der Waals surface area contributed by atoms with Crippen molar-refractivity contribution >= 4 is 17.8 Å². The highest BCUT2D eigenvalue weighted by Crippen LogP contribution is 2.39. The molecule has 4 amide bonds. The van der Waals surface area contributed by atoms with Crippen LogP contribution in [0.1, 0.15) is 52.9 Å². The van der Waals surface area contributed by atoms with Crippen LogP contribution in [0.4, 0.5) is 4.79 Å². The van der Waals surface area contributed by atoms with Crippen molar-refractivity contribution in [3.63, 3.8) is 0 Å². The first kappa shape index (κ1) is 16.0. The third-order valence-corrected chi connectivity index (χ3v) is 5.49. The van der Waals surface area contributed by atoms with Crippen molar-refractivity contribution in [2.24, 2.45) is 5.41 Å². The second kappa shape index (κ2) is 5.35. The SMILES string of the molecule is CC1=C(C(=O)N2CCC3(CC2)NC(=O)NC3=O)CCC(C)(C)C1. The molecule has 23 heavy (non-hydrogen) atoms. The van der Waals surface area contributed by atoms with E-state index in [0.717, 1.165) is 24.8 Å². The van der Waals surface area contributed by atoms with Crippen LogP contribution in [0.25, 0.3) is 0 Å². The zero-order valence-corrected chi connectivity index (χ0v) is 14.1. The summed E-state index contributed by atoms with van der Waals surface area (Å²) in [7, 11) is 0. The van der Waals surface area contributed by atoms with Gasteiger partial charge in [-0.3, -0.25) is 14.9 Å². The molecule has 0 aromatic rings. The molecule has 2 heterocycles. The predicted molar refractivity (Wildman–Crippen MR) is 85.6 cm³/mol. The molecule has 2 N–H and O–H groups in total. The van der Waals surface area contributed by atoms with Crippen LogP contribution in [0.5, 0.6) is 0 Å². The molecule has 3 aliphatic rings. The van der Waals surface area contributed by atoms with Gasteiger partial charge < -0.3 is 10.2 Å². The Morgan fingerprint density at radius 1 is 1.13 bits per heavy atom. The Bertz CT molecular complexity index is 598. The monoisotopic (exact) mass is 319 g/mol. The zero-order chi connectivity index (χ0) is 16.8. The summed E-state index contributed by atoms with van der Waals surface area (Å²) in [5, 5.41) is 5.03. The van der Waals surface area contributed by atoms with Gasteiger partial charge in [0.25, 0.3) is 5.91 Å². The number of rotatable bonds is 1. The summed E-state index contributed by atoms with van der Waals surface area (Å²) in [5.74, 6) is -0.151. The molecular weight excluding hydrogens is 294 g/mol. The van der Waals surface area contributed by atoms with Gasteiger partial charge in [-0.25, -0.2) is 4.79 Å². The number of imide groups is 1. The van der Waals surface area contributed by atoms with Crippen LogP contribution in [-0.4, -0.2) is 41.4 Å². The largest absolute Gasteiger partial charge is 0.339 e. The summed E-state index contributed by atoms with van der Waals surface area (Å²) in [5.41, 5.74) is 1.59. The number of piperidine rings is 1. The molecule has 6 nitrogen and oxygen atoms in total. The van der Waals surface area contributed by atoms with E-state index < -0.39 is 11.6 Å². The maximum Gasteiger partial charge on any atom is 0.322 e. The van der Waals surface area contributed by atoms with Crippen LogP contribution in [-0.2, 0) is 9.59 Å². The third kappa shape index (κ3) is 2.86. The standard InChI is InChI=1S/C17H25N3O3/c1-11-10-16(2,3)5-4-12(11)13(21)20-8-6-17(7-9-20)14(22)18-15(23)19-17/h4-10H2,1-3H3,(H2,18,19,22,23). The second-order valence-corrected chi connectivity index (χ2v) is 7.88. The Kier molecular flexibility index (Phi) is 3.73. The molecule has 0 aromatic heterocycles. The predicted octanol–water partition coefficient (Wildman–Crippen LogP) is 1.71. The molecule has 2 fully saturated rings. The van der Waals surface area contributed by atoms with Gasteiger partial charge in [0.05, 0.1) is 0 Å². The fourth-order valence-corrected chi connectivity index (χ4v) is 4.04. The summed E-state index contributed by atoms with van der Waals surface area (Å²) in [6.45, 7) is 7.55. The highest BCUT2D eigenvalue weighted by molar-refractivity contribution is 6.07. The van der Waals surface area contributed by atoms with Crippen LogP contribution in [0, 0.1) is 5.41 Å². The van der Waals surface area contributed by atoms with E-state index in [1.165, 1.54) is 5.57 Å². The Hall–Kier alpha value is -1.85. The van der Waals surface area contributed by atoms with Crippen molar-refractivity contribution < 1.29 is 14.4 Å². The molecule has 6 heteroatoms. The van der Waals surface area contributed by atoms with Crippen LogP contribution in [0.3, 0.4) is 0 Å². The number of nitrogens with zero attached hydrogens (tertiary/aromatic N) is 1. The lowest BCUT2D eigenvalue weighted by Gasteiger charge is -2.39. The van der Waals surface area contributed by atoms with Crippen LogP contribution in [0.15, 0.2) is 11.1 Å². The van der Waals surface area contributed by atoms with Gasteiger partial charge >= 0.3 is 6.03 Å². The topological polar surface area (TPSA) is 78.5 Å². The molecule has 2 aliphatic heterocycles. The first-order chi connectivity index (χ1) is 10.7. The number of hydrogen-bond acceptors (Lipinski definition) is 3. The van der Waals surface area contributed by atoms with Crippen molar-refractivity contribution in [1.82, 2.24) is 15.5 Å². The molecule has 0 atom stereocenters. The Labute approximate surface area is 136 Å². The molecule has 0 bridgehead atoms. The fraction of sp³-hybridized carbons (Fsp3) is 0.706. The number of nitrogens with one attached hydrogen (secondary N) is 2. The summed E-state index contributed by atoms with van der Waals surface area (Å²) in [6, 6.07) is -0.428. The van der Waals surface area contributed by atoms with Gasteiger partial charge in [-0.05, 0) is 44.4 Å². The maximum absolute atomic E-state index is 12.8. The average molecular weight is 319 g/mol. The van der Waals surface area contributed by atoms with Gasteiger partial charge in [0.15, 0.2) is 0 Å². The Balaban J connectivity index is 1.67. The molecule has 3 rings (SSSR count). The number of hydrogen-bond donors (Lipinski definition) is 2. The summed E-state index contributed by atoms with van der Waals surface area (Å²) >= 11 is 0. The van der Waals surface area contributed by atoms with Gasteiger partial charge in [-0.15, -0.1) is 0 Å². The minimum atomic E-state index is -0.814. The average Bonchev–Trinajstić information content (AvgIpc) is 2.72. The number of urea groups is 1. The quantitative estimate of drug-likeness (QED) is 0.722. The van der Waals surface area contributed by atoms with E-state index in [1.54, 1.807) is 0 Å². The molecule has 0 saturated carbocycles. The van der Waals surface area contributed by atoms with Crippen molar-refractivity contribution in [3.8, 4) is 0 Å². The van der Waals surface area contributed by atoms with Crippen molar-refractivity contribution in [2.45, 2.75) is 58.4 Å². The lowest BCUT2D eigenvalue weighted by molar-refractivity contribution is -0.133. The van der Waals surface area contributed by atoms with E-state index in [9.17, 15) is 14.4 Å². The van der Waals surface area contributed by atoms with Gasteiger partial charge in [-0.1, -0.05) is 19.4 Å². The summed E-state index contributed by atoms with van der Waals surface area (Å²) in [4.78, 5) is 38.0. The number of likely N-dealkylation sites (tertiary alicyclic amines) is 1. The normalized spacial score (nSPS) is 26.3. The van der Waals surface area contributed by atoms with Crippen molar-refractivity contribution in [2.75, 3.05) is 13.1 Å². The minimum Gasteiger partial charge on any atom is -0.339 e. The molecule has 1 spiro atoms. The van der Waals surface area contributed by atoms with E-state index >= 15 is 0 Å². The van der Waals surface area contributed by atoms with Crippen LogP contribution < -0.4 is 10.6 Å². The van der Waals surface area contributed by atoms with Gasteiger partial charge in [-0.2, -0.15) is 0 Å². The molecule has 0 radical (unpaired) electrons. The van der Waals surface area contributed by atoms with Gasteiger partial charge in [0.1, 0.15) is 5.54 Å². The van der Waals surface area contributed by atoms with Gasteiger partial charge in [0, 0.05) is 18.7 Å². The minimum absolute atomic E-state index is 0.109. The first-order valence-corrected chi connectivity index (χ1v) is 8.34. The highest BCUT2D eigenvalue weighted by atomic mass is 16.2. The highest BCUT2D eigenvalue weighted by Gasteiger charge is 2.48. The Morgan fingerprint density at radius 3 is 2.30 bits per heavy atom. The van der Waals surface area contributed by atoms with Crippen LogP contribution in [0.2, 0.25) is 0 Å². The fourth-order valence-electron chi connectivity index (χ4n) is 4.04. The maximum atomic E-state index is 12.8. The number of carbonyl (C=O) groups excluding carboxylic acids is 3. The number of allylic oxidation sites excluding steroid dienone is 1. The van der Waals surface area contributed by atoms with Crippen LogP contribution >= 0.6 is 0 Å². The molecule has 2 saturated heterocycles. The van der Waals surface area contributed by atoms with E-state index in [4.69, 9.17) is 0 Å². The molecule has 0 unspecified atom stereocenters. The molecule has 0 aromatic carbocycles. The summed E-state index contributed by atoms with van der Waals surface area (Å²) < 4.78 is 0. The molecule has 1 aliphatic carbocycles. The lowest BCUT2D eigenvalue weighted by atomic mass is 9.74.